The molecule has 1 aromatic carbocycles. The van der Waals surface area contributed by atoms with Crippen LogP contribution in [0.4, 0.5) is 4.39 Å². The van der Waals surface area contributed by atoms with E-state index >= 15 is 0 Å². The summed E-state index contributed by atoms with van der Waals surface area (Å²) in [6.45, 7) is 6.49. The first-order valence-electron chi connectivity index (χ1n) is 10.4. The highest BCUT2D eigenvalue weighted by molar-refractivity contribution is 5.55. The van der Waals surface area contributed by atoms with Gasteiger partial charge >= 0.3 is 0 Å². The van der Waals surface area contributed by atoms with Gasteiger partial charge in [-0.1, -0.05) is 12.1 Å². The number of halogens is 1. The van der Waals surface area contributed by atoms with Gasteiger partial charge in [0, 0.05) is 37.9 Å². The molecule has 0 aliphatic carbocycles. The number of nitriles is 1. The Labute approximate surface area is 180 Å². The summed E-state index contributed by atoms with van der Waals surface area (Å²) in [5, 5.41) is 9.70. The van der Waals surface area contributed by atoms with Gasteiger partial charge in [0.2, 0.25) is 5.88 Å². The topological polar surface area (TPSA) is 93.5 Å². The fraction of sp³-hybridized carbons (Fsp3) is 0.391. The summed E-state index contributed by atoms with van der Waals surface area (Å²) in [7, 11) is 0. The standard InChI is InChI=1S/C23H25FN4O3/c1-15-12-19-21(23(29)28(15)7-3-6-27-8-10-30-11-9-27)20(18(14-25)22(26)31-19)16-4-2-5-17(24)13-16/h2,4-5,12-13,20H,3,6-11,26H2,1H3/t20-/m0/s1. The van der Waals surface area contributed by atoms with E-state index in [0.717, 1.165) is 45.0 Å². The minimum Gasteiger partial charge on any atom is -0.440 e. The molecular weight excluding hydrogens is 399 g/mol. The maximum atomic E-state index is 14.0. The van der Waals surface area contributed by atoms with Crippen LogP contribution in [0.25, 0.3) is 0 Å². The Hall–Kier alpha value is -3.15. The third kappa shape index (κ3) is 4.20. The minimum absolute atomic E-state index is 0.0619. The quantitative estimate of drug-likeness (QED) is 0.791. The number of pyridine rings is 1. The zero-order valence-corrected chi connectivity index (χ0v) is 17.4. The van der Waals surface area contributed by atoms with Gasteiger partial charge < -0.3 is 19.8 Å². The van der Waals surface area contributed by atoms with E-state index in [1.54, 1.807) is 22.8 Å². The highest BCUT2D eigenvalue weighted by Crippen LogP contribution is 2.40. The summed E-state index contributed by atoms with van der Waals surface area (Å²) in [4.78, 5) is 15.9. The van der Waals surface area contributed by atoms with Crippen molar-refractivity contribution < 1.29 is 13.9 Å². The van der Waals surface area contributed by atoms with E-state index in [-0.39, 0.29) is 17.0 Å². The Morgan fingerprint density at radius 3 is 2.74 bits per heavy atom. The molecule has 7 nitrogen and oxygen atoms in total. The van der Waals surface area contributed by atoms with Crippen molar-refractivity contribution >= 4 is 0 Å². The van der Waals surface area contributed by atoms with E-state index in [0.29, 0.717) is 23.4 Å². The number of aryl methyl sites for hydroxylation is 1. The molecule has 2 aromatic rings. The van der Waals surface area contributed by atoms with E-state index in [4.69, 9.17) is 15.2 Å². The number of ether oxygens (including phenoxy) is 2. The van der Waals surface area contributed by atoms with Crippen molar-refractivity contribution in [2.45, 2.75) is 25.8 Å². The van der Waals surface area contributed by atoms with Crippen LogP contribution in [0, 0.1) is 24.1 Å². The van der Waals surface area contributed by atoms with Gasteiger partial charge in [0.25, 0.3) is 5.56 Å². The summed E-state index contributed by atoms with van der Waals surface area (Å²) < 4.78 is 26.7. The number of hydrogen-bond donors (Lipinski definition) is 1. The maximum Gasteiger partial charge on any atom is 0.258 e. The first-order chi connectivity index (χ1) is 15.0. The van der Waals surface area contributed by atoms with E-state index in [1.807, 2.05) is 6.92 Å². The van der Waals surface area contributed by atoms with Crippen molar-refractivity contribution in [3.8, 4) is 11.8 Å². The second-order valence-corrected chi connectivity index (χ2v) is 7.81. The predicted molar refractivity (Wildman–Crippen MR) is 113 cm³/mol. The van der Waals surface area contributed by atoms with Crippen LogP contribution in [-0.2, 0) is 11.3 Å². The van der Waals surface area contributed by atoms with Gasteiger partial charge in [0.1, 0.15) is 23.2 Å². The third-order valence-electron chi connectivity index (χ3n) is 5.83. The van der Waals surface area contributed by atoms with E-state index < -0.39 is 11.7 Å². The minimum atomic E-state index is -0.775. The summed E-state index contributed by atoms with van der Waals surface area (Å²) >= 11 is 0. The van der Waals surface area contributed by atoms with Crippen molar-refractivity contribution in [3.63, 3.8) is 0 Å². The zero-order chi connectivity index (χ0) is 22.0. The SMILES string of the molecule is Cc1cc2c(c(=O)n1CCCN1CCOCC1)[C@@H](c1cccc(F)c1)C(C#N)=C(N)O2. The highest BCUT2D eigenvalue weighted by atomic mass is 19.1. The third-order valence-corrected chi connectivity index (χ3v) is 5.83. The van der Waals surface area contributed by atoms with Gasteiger partial charge in [0.15, 0.2) is 0 Å². The molecule has 0 unspecified atom stereocenters. The Balaban J connectivity index is 1.70. The molecule has 2 aliphatic heterocycles. The highest BCUT2D eigenvalue weighted by Gasteiger charge is 2.34. The van der Waals surface area contributed by atoms with Crippen LogP contribution in [0.3, 0.4) is 0 Å². The van der Waals surface area contributed by atoms with Crippen LogP contribution in [0.5, 0.6) is 5.75 Å². The lowest BCUT2D eigenvalue weighted by atomic mass is 9.84. The average Bonchev–Trinajstić information content (AvgIpc) is 2.76. The van der Waals surface area contributed by atoms with E-state index in [9.17, 15) is 14.4 Å². The molecular formula is C23H25FN4O3. The smallest absolute Gasteiger partial charge is 0.258 e. The molecule has 0 saturated carbocycles. The normalized spacial score (nSPS) is 18.9. The number of fused-ring (bicyclic) bond motifs is 1. The number of nitrogens with two attached hydrogens (primary N) is 1. The molecule has 1 saturated heterocycles. The number of morpholine rings is 1. The van der Waals surface area contributed by atoms with Crippen molar-refractivity contribution in [2.75, 3.05) is 32.8 Å². The van der Waals surface area contributed by atoms with Crippen LogP contribution >= 0.6 is 0 Å². The summed E-state index contributed by atoms with van der Waals surface area (Å²) in [5.74, 6) is -0.965. The molecule has 1 atom stereocenters. The van der Waals surface area contributed by atoms with Gasteiger partial charge in [-0.05, 0) is 31.0 Å². The van der Waals surface area contributed by atoms with Crippen molar-refractivity contribution in [1.82, 2.24) is 9.47 Å². The molecule has 4 rings (SSSR count). The fourth-order valence-corrected chi connectivity index (χ4v) is 4.26. The van der Waals surface area contributed by atoms with Crippen LogP contribution in [0.2, 0.25) is 0 Å². The van der Waals surface area contributed by atoms with Crippen LogP contribution in [-0.4, -0.2) is 42.3 Å². The first-order valence-corrected chi connectivity index (χ1v) is 10.4. The molecule has 0 bridgehead atoms. The monoisotopic (exact) mass is 424 g/mol. The number of aromatic nitrogens is 1. The molecule has 162 valence electrons. The number of nitrogens with zero attached hydrogens (tertiary/aromatic N) is 3. The second-order valence-electron chi connectivity index (χ2n) is 7.81. The maximum absolute atomic E-state index is 14.0. The van der Waals surface area contributed by atoms with Gasteiger partial charge in [0.05, 0.1) is 24.7 Å². The van der Waals surface area contributed by atoms with Crippen LogP contribution in [0.15, 0.2) is 46.6 Å². The molecule has 1 fully saturated rings. The zero-order valence-electron chi connectivity index (χ0n) is 17.4. The first kappa shape index (κ1) is 21.1. The Morgan fingerprint density at radius 2 is 2.03 bits per heavy atom. The second kappa shape index (κ2) is 8.92. The molecule has 1 aromatic heterocycles. The number of rotatable bonds is 5. The van der Waals surface area contributed by atoms with Crippen molar-refractivity contribution in [1.29, 1.82) is 5.26 Å². The number of allylic oxidation sites excluding steroid dienone is 1. The summed E-state index contributed by atoms with van der Waals surface area (Å²) in [6, 6.07) is 9.71. The van der Waals surface area contributed by atoms with Crippen molar-refractivity contribution in [3.05, 3.63) is 74.8 Å². The number of benzene rings is 1. The Kier molecular flexibility index (Phi) is 6.07. The predicted octanol–water partition coefficient (Wildman–Crippen LogP) is 2.24. The molecule has 2 aliphatic rings. The van der Waals surface area contributed by atoms with Crippen LogP contribution in [0.1, 0.15) is 29.2 Å². The molecule has 2 N–H and O–H groups in total. The average molecular weight is 424 g/mol. The van der Waals surface area contributed by atoms with Gasteiger partial charge in [-0.15, -0.1) is 0 Å². The molecule has 0 spiro atoms. The van der Waals surface area contributed by atoms with Gasteiger partial charge in [-0.2, -0.15) is 5.26 Å². The fourth-order valence-electron chi connectivity index (χ4n) is 4.26. The summed E-state index contributed by atoms with van der Waals surface area (Å²) in [6.07, 6.45) is 0.800. The molecule has 31 heavy (non-hydrogen) atoms. The molecule has 0 radical (unpaired) electrons. The lowest BCUT2D eigenvalue weighted by Gasteiger charge is -2.28. The Morgan fingerprint density at radius 1 is 1.26 bits per heavy atom. The van der Waals surface area contributed by atoms with Crippen LogP contribution < -0.4 is 16.0 Å². The number of hydrogen-bond acceptors (Lipinski definition) is 6. The largest absolute Gasteiger partial charge is 0.440 e. The summed E-state index contributed by atoms with van der Waals surface area (Å²) in [5.41, 5.74) is 7.40. The lowest BCUT2D eigenvalue weighted by Crippen LogP contribution is -2.38. The van der Waals surface area contributed by atoms with Gasteiger partial charge in [-0.3, -0.25) is 9.69 Å². The van der Waals surface area contributed by atoms with Crippen molar-refractivity contribution in [2.24, 2.45) is 5.73 Å². The van der Waals surface area contributed by atoms with E-state index in [1.165, 1.54) is 12.1 Å². The Bertz CT molecular complexity index is 1110. The molecule has 8 heteroatoms. The van der Waals surface area contributed by atoms with E-state index in [2.05, 4.69) is 11.0 Å². The molecule has 0 amide bonds. The molecule has 3 heterocycles. The van der Waals surface area contributed by atoms with Gasteiger partial charge in [-0.25, -0.2) is 4.39 Å². The lowest BCUT2D eigenvalue weighted by molar-refractivity contribution is 0.0369.